The van der Waals surface area contributed by atoms with Gasteiger partial charge in [-0.1, -0.05) is 17.7 Å². The Balaban J connectivity index is 2.49. The molecule has 2 nitrogen and oxygen atoms in total. The van der Waals surface area contributed by atoms with Gasteiger partial charge in [0.25, 0.3) is 0 Å². The smallest absolute Gasteiger partial charge is 0.165 e. The maximum absolute atomic E-state index is 11.6. The second-order valence-electron chi connectivity index (χ2n) is 3.39. The van der Waals surface area contributed by atoms with Crippen molar-refractivity contribution < 1.29 is 9.53 Å². The molecule has 0 aliphatic carbocycles. The van der Waals surface area contributed by atoms with Crippen LogP contribution in [0.1, 0.15) is 27.9 Å². The molecule has 0 saturated heterocycles. The van der Waals surface area contributed by atoms with Gasteiger partial charge in [-0.3, -0.25) is 4.79 Å². The maximum Gasteiger partial charge on any atom is 0.165 e. The highest BCUT2D eigenvalue weighted by Gasteiger charge is 2.14. The molecule has 0 fully saturated rings. The highest BCUT2D eigenvalue weighted by molar-refractivity contribution is 5.97. The molecule has 1 aliphatic rings. The third-order valence-corrected chi connectivity index (χ3v) is 2.30. The van der Waals surface area contributed by atoms with Gasteiger partial charge >= 0.3 is 0 Å². The summed E-state index contributed by atoms with van der Waals surface area (Å²) in [6, 6.07) is 5.95. The highest BCUT2D eigenvalue weighted by atomic mass is 16.5. The summed E-state index contributed by atoms with van der Waals surface area (Å²) in [5.41, 5.74) is 3.00. The van der Waals surface area contributed by atoms with Crippen LogP contribution in [0, 0.1) is 6.92 Å². The summed E-state index contributed by atoms with van der Waals surface area (Å²) < 4.78 is 5.31. The van der Waals surface area contributed by atoms with E-state index < -0.39 is 0 Å². The van der Waals surface area contributed by atoms with E-state index >= 15 is 0 Å². The average Bonchev–Trinajstić information content (AvgIpc) is 2.29. The zero-order valence-corrected chi connectivity index (χ0v) is 7.67. The van der Waals surface area contributed by atoms with Gasteiger partial charge in [-0.15, -0.1) is 0 Å². The number of carbonyl (C=O) groups is 1. The average molecular weight is 176 g/mol. The third-order valence-electron chi connectivity index (χ3n) is 2.30. The molecule has 68 valence electrons. The van der Waals surface area contributed by atoms with Gasteiger partial charge in [0.15, 0.2) is 5.78 Å². The minimum absolute atomic E-state index is 0.205. The number of fused-ring (bicyclic) bond motifs is 1. The Morgan fingerprint density at radius 2 is 2.23 bits per heavy atom. The van der Waals surface area contributed by atoms with Gasteiger partial charge in [0, 0.05) is 12.0 Å². The Kier molecular flexibility index (Phi) is 2.15. The van der Waals surface area contributed by atoms with Crippen LogP contribution in [0.2, 0.25) is 0 Å². The van der Waals surface area contributed by atoms with Crippen molar-refractivity contribution in [1.29, 1.82) is 0 Å². The number of hydrogen-bond donors (Lipinski definition) is 0. The minimum Gasteiger partial charge on any atom is -0.376 e. The van der Waals surface area contributed by atoms with Crippen molar-refractivity contribution in [3.8, 4) is 0 Å². The number of hydrogen-bond acceptors (Lipinski definition) is 2. The summed E-state index contributed by atoms with van der Waals surface area (Å²) in [5.74, 6) is 0.205. The highest BCUT2D eigenvalue weighted by Crippen LogP contribution is 2.18. The Morgan fingerprint density at radius 1 is 1.38 bits per heavy atom. The first-order valence-corrected chi connectivity index (χ1v) is 4.48. The van der Waals surface area contributed by atoms with Crippen molar-refractivity contribution in [2.75, 3.05) is 6.61 Å². The molecule has 0 spiro atoms. The molecule has 0 atom stereocenters. The number of rotatable bonds is 0. The first-order chi connectivity index (χ1) is 6.27. The van der Waals surface area contributed by atoms with Crippen LogP contribution in [-0.4, -0.2) is 12.4 Å². The number of ketones is 1. The van der Waals surface area contributed by atoms with Crippen LogP contribution in [0.5, 0.6) is 0 Å². The molecule has 0 amide bonds. The molecule has 0 bridgehead atoms. The first kappa shape index (κ1) is 8.45. The van der Waals surface area contributed by atoms with Crippen LogP contribution >= 0.6 is 0 Å². The quantitative estimate of drug-likeness (QED) is 0.605. The number of Topliss-reactive ketones (excluding diaryl/α,β-unsaturated/α-hetero) is 1. The summed E-state index contributed by atoms with van der Waals surface area (Å²) >= 11 is 0. The van der Waals surface area contributed by atoms with E-state index in [1.54, 1.807) is 0 Å². The predicted molar refractivity (Wildman–Crippen MR) is 49.8 cm³/mol. The maximum atomic E-state index is 11.6. The van der Waals surface area contributed by atoms with Crippen LogP contribution in [0.15, 0.2) is 18.2 Å². The molecule has 0 radical (unpaired) electrons. The largest absolute Gasteiger partial charge is 0.376 e. The van der Waals surface area contributed by atoms with Crippen LogP contribution in [0.25, 0.3) is 0 Å². The second kappa shape index (κ2) is 3.30. The number of ether oxygens (including phenoxy) is 1. The van der Waals surface area contributed by atoms with Crippen LogP contribution in [0.3, 0.4) is 0 Å². The van der Waals surface area contributed by atoms with E-state index in [0.717, 1.165) is 16.7 Å². The van der Waals surface area contributed by atoms with Crippen molar-refractivity contribution in [2.24, 2.45) is 0 Å². The van der Waals surface area contributed by atoms with Crippen LogP contribution in [-0.2, 0) is 11.3 Å². The van der Waals surface area contributed by atoms with Gasteiger partial charge in [-0.2, -0.15) is 0 Å². The molecular weight excluding hydrogens is 164 g/mol. The van der Waals surface area contributed by atoms with Gasteiger partial charge in [0.2, 0.25) is 0 Å². The van der Waals surface area contributed by atoms with E-state index in [9.17, 15) is 4.79 Å². The van der Waals surface area contributed by atoms with E-state index in [1.165, 1.54) is 0 Å². The van der Waals surface area contributed by atoms with Gasteiger partial charge < -0.3 is 4.74 Å². The molecule has 0 saturated carbocycles. The van der Waals surface area contributed by atoms with Gasteiger partial charge in [-0.05, 0) is 18.6 Å². The number of carbonyl (C=O) groups excluding carboxylic acids is 1. The zero-order chi connectivity index (χ0) is 9.26. The molecule has 1 aromatic carbocycles. The summed E-state index contributed by atoms with van der Waals surface area (Å²) in [7, 11) is 0. The molecule has 0 N–H and O–H groups in total. The first-order valence-electron chi connectivity index (χ1n) is 4.48. The van der Waals surface area contributed by atoms with Crippen molar-refractivity contribution in [1.82, 2.24) is 0 Å². The third kappa shape index (κ3) is 1.63. The SMILES string of the molecule is Cc1ccc2c(c1)C(=O)CCOC2. The lowest BCUT2D eigenvalue weighted by Gasteiger charge is -2.03. The van der Waals surface area contributed by atoms with Gasteiger partial charge in [-0.25, -0.2) is 0 Å². The van der Waals surface area contributed by atoms with Crippen molar-refractivity contribution in [2.45, 2.75) is 20.0 Å². The molecule has 0 unspecified atom stereocenters. The fraction of sp³-hybridized carbons (Fsp3) is 0.364. The minimum atomic E-state index is 0.205. The number of benzene rings is 1. The van der Waals surface area contributed by atoms with E-state index in [2.05, 4.69) is 0 Å². The normalized spacial score (nSPS) is 16.5. The monoisotopic (exact) mass is 176 g/mol. The molecule has 1 aromatic rings. The summed E-state index contributed by atoms with van der Waals surface area (Å²) in [6.45, 7) is 3.12. The number of aryl methyl sites for hydroxylation is 1. The fourth-order valence-corrected chi connectivity index (χ4v) is 1.56. The lowest BCUT2D eigenvalue weighted by molar-refractivity contribution is 0.0898. The van der Waals surface area contributed by atoms with E-state index in [1.807, 2.05) is 25.1 Å². The second-order valence-corrected chi connectivity index (χ2v) is 3.39. The fourth-order valence-electron chi connectivity index (χ4n) is 1.56. The zero-order valence-electron chi connectivity index (χ0n) is 7.67. The molecule has 2 heteroatoms. The van der Waals surface area contributed by atoms with Crippen molar-refractivity contribution in [3.05, 3.63) is 34.9 Å². The van der Waals surface area contributed by atoms with E-state index in [0.29, 0.717) is 19.6 Å². The Bertz CT molecular complexity index is 342. The Hall–Kier alpha value is -1.15. The topological polar surface area (TPSA) is 26.3 Å². The van der Waals surface area contributed by atoms with Crippen LogP contribution in [0.4, 0.5) is 0 Å². The van der Waals surface area contributed by atoms with E-state index in [-0.39, 0.29) is 5.78 Å². The molecule has 1 aliphatic heterocycles. The molecule has 1 heterocycles. The summed E-state index contributed by atoms with van der Waals surface area (Å²) in [5, 5.41) is 0. The lowest BCUT2D eigenvalue weighted by Crippen LogP contribution is -2.01. The van der Waals surface area contributed by atoms with Crippen molar-refractivity contribution in [3.63, 3.8) is 0 Å². The molecule has 2 rings (SSSR count). The van der Waals surface area contributed by atoms with Crippen LogP contribution < -0.4 is 0 Å². The van der Waals surface area contributed by atoms with Gasteiger partial charge in [0.1, 0.15) is 0 Å². The van der Waals surface area contributed by atoms with Gasteiger partial charge in [0.05, 0.1) is 13.2 Å². The Morgan fingerprint density at radius 3 is 3.08 bits per heavy atom. The standard InChI is InChI=1S/C11H12O2/c1-8-2-3-9-7-13-5-4-11(12)10(9)6-8/h2-3,6H,4-5,7H2,1H3. The molecule has 13 heavy (non-hydrogen) atoms. The van der Waals surface area contributed by atoms with Crippen molar-refractivity contribution >= 4 is 5.78 Å². The predicted octanol–water partition coefficient (Wildman–Crippen LogP) is 2.10. The lowest BCUT2D eigenvalue weighted by atomic mass is 10.0. The summed E-state index contributed by atoms with van der Waals surface area (Å²) in [6.07, 6.45) is 0.510. The Labute approximate surface area is 77.5 Å². The molecular formula is C11H12O2. The van der Waals surface area contributed by atoms with E-state index in [4.69, 9.17) is 4.74 Å². The summed E-state index contributed by atoms with van der Waals surface area (Å²) in [4.78, 5) is 11.6. The molecule has 0 aromatic heterocycles.